The summed E-state index contributed by atoms with van der Waals surface area (Å²) in [5, 5.41) is 8.34. The van der Waals surface area contributed by atoms with Crippen molar-refractivity contribution in [3.8, 4) is 11.8 Å². The van der Waals surface area contributed by atoms with Crippen molar-refractivity contribution in [1.29, 1.82) is 0 Å². The maximum absolute atomic E-state index is 5.71. The summed E-state index contributed by atoms with van der Waals surface area (Å²) in [5.74, 6) is 6.40. The van der Waals surface area contributed by atoms with Gasteiger partial charge in [0.1, 0.15) is 5.52 Å². The van der Waals surface area contributed by atoms with Gasteiger partial charge < -0.3 is 4.74 Å². The molecule has 0 radical (unpaired) electrons. The second kappa shape index (κ2) is 8.43. The molecule has 0 fully saturated rings. The lowest BCUT2D eigenvalue weighted by atomic mass is 10.1. The average molecular weight is 285 g/mol. The number of hydrogen-bond donors (Lipinski definition) is 0. The van der Waals surface area contributed by atoms with Crippen molar-refractivity contribution in [3.63, 3.8) is 0 Å². The van der Waals surface area contributed by atoms with Crippen LogP contribution in [0.3, 0.4) is 0 Å². The highest BCUT2D eigenvalue weighted by Gasteiger charge is 2.12. The van der Waals surface area contributed by atoms with E-state index >= 15 is 0 Å². The first-order valence-electron chi connectivity index (χ1n) is 7.76. The van der Waals surface area contributed by atoms with Crippen molar-refractivity contribution in [2.75, 3.05) is 6.61 Å². The summed E-state index contributed by atoms with van der Waals surface area (Å²) in [5.41, 5.74) is 1.82. The van der Waals surface area contributed by atoms with Crippen molar-refractivity contribution in [3.05, 3.63) is 24.3 Å². The van der Waals surface area contributed by atoms with Gasteiger partial charge in [-0.05, 0) is 31.4 Å². The number of unbranched alkanes of at least 4 members (excludes halogenated alkanes) is 4. The molecule has 0 N–H and O–H groups in total. The second-order valence-electron chi connectivity index (χ2n) is 4.96. The summed E-state index contributed by atoms with van der Waals surface area (Å²) in [6.45, 7) is 4.78. The van der Waals surface area contributed by atoms with Gasteiger partial charge in [-0.1, -0.05) is 49.5 Å². The standard InChI is InChI=1S/C17H23N3O/c1-3-5-6-7-8-9-14-17(21-4-2)20-16-13-11-10-12-15(16)18-19-20/h10-13,17H,3-8H2,1-2H3. The molecule has 0 saturated heterocycles. The molecular weight excluding hydrogens is 262 g/mol. The molecule has 1 atom stereocenters. The van der Waals surface area contributed by atoms with E-state index in [1.807, 2.05) is 31.2 Å². The van der Waals surface area contributed by atoms with Crippen LogP contribution in [0.2, 0.25) is 0 Å². The Morgan fingerprint density at radius 3 is 2.86 bits per heavy atom. The van der Waals surface area contributed by atoms with E-state index in [-0.39, 0.29) is 6.23 Å². The van der Waals surface area contributed by atoms with Gasteiger partial charge in [0.15, 0.2) is 0 Å². The Kier molecular flexibility index (Phi) is 6.23. The fourth-order valence-corrected chi connectivity index (χ4v) is 2.19. The molecule has 0 saturated carbocycles. The summed E-state index contributed by atoms with van der Waals surface area (Å²) in [7, 11) is 0. The van der Waals surface area contributed by atoms with E-state index in [2.05, 4.69) is 29.1 Å². The normalized spacial score (nSPS) is 12.1. The van der Waals surface area contributed by atoms with Gasteiger partial charge in [0, 0.05) is 13.0 Å². The SMILES string of the molecule is CCCCCCC#CC(OCC)n1nnc2ccccc21. The lowest BCUT2D eigenvalue weighted by molar-refractivity contribution is 0.0470. The van der Waals surface area contributed by atoms with E-state index in [1.54, 1.807) is 4.68 Å². The number of fused-ring (bicyclic) bond motifs is 1. The van der Waals surface area contributed by atoms with E-state index in [9.17, 15) is 0 Å². The monoisotopic (exact) mass is 285 g/mol. The Morgan fingerprint density at radius 2 is 2.05 bits per heavy atom. The van der Waals surface area contributed by atoms with Crippen LogP contribution in [0.15, 0.2) is 24.3 Å². The predicted molar refractivity (Wildman–Crippen MR) is 84.7 cm³/mol. The summed E-state index contributed by atoms with van der Waals surface area (Å²) < 4.78 is 7.47. The maximum atomic E-state index is 5.71. The highest BCUT2D eigenvalue weighted by Crippen LogP contribution is 2.16. The fourth-order valence-electron chi connectivity index (χ4n) is 2.19. The van der Waals surface area contributed by atoms with Crippen LogP contribution in [-0.4, -0.2) is 21.6 Å². The molecule has 0 aliphatic carbocycles. The van der Waals surface area contributed by atoms with Gasteiger partial charge in [0.05, 0.1) is 5.52 Å². The third kappa shape index (κ3) is 4.30. The van der Waals surface area contributed by atoms with Crippen molar-refractivity contribution in [2.24, 2.45) is 0 Å². The Morgan fingerprint density at radius 1 is 1.19 bits per heavy atom. The van der Waals surface area contributed by atoms with Crippen LogP contribution < -0.4 is 0 Å². The Balaban J connectivity index is 2.06. The van der Waals surface area contributed by atoms with E-state index < -0.39 is 0 Å². The summed E-state index contributed by atoms with van der Waals surface area (Å²) >= 11 is 0. The molecule has 1 aromatic carbocycles. The van der Waals surface area contributed by atoms with E-state index in [4.69, 9.17) is 4.74 Å². The molecule has 2 aromatic rings. The number of rotatable bonds is 7. The zero-order chi connectivity index (χ0) is 14.9. The quantitative estimate of drug-likeness (QED) is 0.571. The second-order valence-corrected chi connectivity index (χ2v) is 4.96. The van der Waals surface area contributed by atoms with Crippen molar-refractivity contribution in [2.45, 2.75) is 52.2 Å². The fraction of sp³-hybridized carbons (Fsp3) is 0.529. The van der Waals surface area contributed by atoms with Crippen LogP contribution in [0.25, 0.3) is 11.0 Å². The van der Waals surface area contributed by atoms with Crippen LogP contribution >= 0.6 is 0 Å². The Labute approximate surface area is 126 Å². The van der Waals surface area contributed by atoms with Gasteiger partial charge in [0.25, 0.3) is 0 Å². The molecule has 0 aliphatic heterocycles. The van der Waals surface area contributed by atoms with Gasteiger partial charge in [-0.2, -0.15) is 0 Å². The minimum Gasteiger partial charge on any atom is -0.346 e. The smallest absolute Gasteiger partial charge is 0.215 e. The van der Waals surface area contributed by atoms with Crippen LogP contribution in [0, 0.1) is 11.8 Å². The van der Waals surface area contributed by atoms with Crippen LogP contribution in [0.1, 0.15) is 52.2 Å². The van der Waals surface area contributed by atoms with E-state index in [1.165, 1.54) is 19.3 Å². The third-order valence-corrected chi connectivity index (χ3v) is 3.30. The number of hydrogen-bond acceptors (Lipinski definition) is 3. The first-order valence-corrected chi connectivity index (χ1v) is 7.76. The molecule has 1 heterocycles. The predicted octanol–water partition coefficient (Wildman–Crippen LogP) is 3.94. The first-order chi connectivity index (χ1) is 10.4. The molecular formula is C17H23N3O. The number of para-hydroxylation sites is 1. The maximum Gasteiger partial charge on any atom is 0.215 e. The van der Waals surface area contributed by atoms with E-state index in [0.29, 0.717) is 6.61 Å². The van der Waals surface area contributed by atoms with Gasteiger partial charge in [-0.15, -0.1) is 5.10 Å². The molecule has 112 valence electrons. The zero-order valence-electron chi connectivity index (χ0n) is 12.9. The molecule has 0 spiro atoms. The number of ether oxygens (including phenoxy) is 1. The number of benzene rings is 1. The molecule has 0 amide bonds. The molecule has 4 nitrogen and oxygen atoms in total. The molecule has 2 rings (SSSR count). The number of aromatic nitrogens is 3. The van der Waals surface area contributed by atoms with Crippen molar-refractivity contribution >= 4 is 11.0 Å². The Hall–Kier alpha value is -1.86. The molecule has 4 heteroatoms. The topological polar surface area (TPSA) is 39.9 Å². The molecule has 21 heavy (non-hydrogen) atoms. The van der Waals surface area contributed by atoms with Gasteiger partial charge in [-0.3, -0.25) is 0 Å². The largest absolute Gasteiger partial charge is 0.346 e. The molecule has 1 unspecified atom stereocenters. The van der Waals surface area contributed by atoms with Crippen LogP contribution in [-0.2, 0) is 4.74 Å². The van der Waals surface area contributed by atoms with Gasteiger partial charge in [-0.25, -0.2) is 4.68 Å². The molecule has 1 aromatic heterocycles. The average Bonchev–Trinajstić information content (AvgIpc) is 2.93. The van der Waals surface area contributed by atoms with Crippen LogP contribution in [0.4, 0.5) is 0 Å². The summed E-state index contributed by atoms with van der Waals surface area (Å²) in [4.78, 5) is 0. The molecule has 0 bridgehead atoms. The van der Waals surface area contributed by atoms with Gasteiger partial charge in [0.2, 0.25) is 6.23 Å². The summed E-state index contributed by atoms with van der Waals surface area (Å²) in [6, 6.07) is 7.87. The van der Waals surface area contributed by atoms with Crippen LogP contribution in [0.5, 0.6) is 0 Å². The molecule has 0 aliphatic rings. The van der Waals surface area contributed by atoms with Gasteiger partial charge >= 0.3 is 0 Å². The van der Waals surface area contributed by atoms with Crippen molar-refractivity contribution < 1.29 is 4.74 Å². The zero-order valence-corrected chi connectivity index (χ0v) is 12.9. The van der Waals surface area contributed by atoms with Crippen molar-refractivity contribution in [1.82, 2.24) is 15.0 Å². The first kappa shape index (κ1) is 15.5. The lowest BCUT2D eigenvalue weighted by Gasteiger charge is -2.11. The number of nitrogens with zero attached hydrogens (tertiary/aromatic N) is 3. The lowest BCUT2D eigenvalue weighted by Crippen LogP contribution is -2.12. The summed E-state index contributed by atoms with van der Waals surface area (Å²) in [6.07, 6.45) is 5.49. The Bertz CT molecular complexity index is 609. The minimum absolute atomic E-state index is 0.353. The minimum atomic E-state index is -0.353. The highest BCUT2D eigenvalue weighted by atomic mass is 16.5. The van der Waals surface area contributed by atoms with E-state index in [0.717, 1.165) is 23.9 Å². The highest BCUT2D eigenvalue weighted by molar-refractivity contribution is 5.74. The third-order valence-electron chi connectivity index (χ3n) is 3.30.